The lowest BCUT2D eigenvalue weighted by atomic mass is 9.90. The molecule has 2 aliphatic carbocycles. The molecule has 0 amide bonds. The molecule has 8 heteroatoms. The van der Waals surface area contributed by atoms with Crippen LogP contribution in [-0.4, -0.2) is 9.97 Å². The van der Waals surface area contributed by atoms with Crippen molar-refractivity contribution in [3.8, 4) is 0 Å². The summed E-state index contributed by atoms with van der Waals surface area (Å²) in [6.07, 6.45) is 7.67. The first kappa shape index (κ1) is 27.9. The molecule has 0 fully saturated rings. The molecule has 4 nitrogen and oxygen atoms in total. The van der Waals surface area contributed by atoms with Gasteiger partial charge in [-0.15, -0.1) is 0 Å². The highest BCUT2D eigenvalue weighted by Gasteiger charge is 2.27. The van der Waals surface area contributed by atoms with Gasteiger partial charge < -0.3 is 11.5 Å². The van der Waals surface area contributed by atoms with Gasteiger partial charge in [-0.2, -0.15) is 0 Å². The molecule has 0 aliphatic heterocycles. The summed E-state index contributed by atoms with van der Waals surface area (Å²) < 4.78 is 54.7. The largest absolute Gasteiger partial charge is 0.323 e. The van der Waals surface area contributed by atoms with E-state index in [1.54, 1.807) is 36.7 Å². The Kier molecular flexibility index (Phi) is 8.57. The van der Waals surface area contributed by atoms with Gasteiger partial charge in [0, 0.05) is 24.5 Å². The standard InChI is InChI=1S/2C16H16F2N2/c2*17-13-5-1-4-12(15(13)18)10-6-7-14(19)16-11(9-10)3-2-8-20-16/h2*1-5,8,10,14H,6-7,9,19H2/t10-,14+;10-,14-/m11/s1. The fourth-order valence-electron chi connectivity index (χ4n) is 5.89. The molecule has 0 radical (unpaired) electrons. The van der Waals surface area contributed by atoms with Crippen LogP contribution in [0.15, 0.2) is 73.1 Å². The number of benzene rings is 2. The number of aromatic nitrogens is 2. The first-order chi connectivity index (χ1) is 19.3. The van der Waals surface area contributed by atoms with Gasteiger partial charge in [0.05, 0.1) is 11.4 Å². The molecule has 4 N–H and O–H groups in total. The summed E-state index contributed by atoms with van der Waals surface area (Å²) in [5.41, 5.74) is 17.0. The van der Waals surface area contributed by atoms with Crippen molar-refractivity contribution in [2.75, 3.05) is 0 Å². The van der Waals surface area contributed by atoms with E-state index in [4.69, 9.17) is 11.5 Å². The van der Waals surface area contributed by atoms with Crippen LogP contribution in [0.4, 0.5) is 17.6 Å². The topological polar surface area (TPSA) is 77.8 Å². The Balaban J connectivity index is 0.000000161. The minimum Gasteiger partial charge on any atom is -0.323 e. The highest BCUT2D eigenvalue weighted by molar-refractivity contribution is 5.32. The van der Waals surface area contributed by atoms with Crippen LogP contribution < -0.4 is 11.5 Å². The average molecular weight is 549 g/mol. The maximum absolute atomic E-state index is 14.0. The highest BCUT2D eigenvalue weighted by atomic mass is 19.2. The average Bonchev–Trinajstić information content (AvgIpc) is 3.24. The summed E-state index contributed by atoms with van der Waals surface area (Å²) in [6.45, 7) is 0. The molecule has 4 aromatic rings. The Bertz CT molecular complexity index is 1370. The number of hydrogen-bond acceptors (Lipinski definition) is 4. The Labute approximate surface area is 231 Å². The third-order valence-corrected chi connectivity index (χ3v) is 7.98. The van der Waals surface area contributed by atoms with Gasteiger partial charge in [-0.3, -0.25) is 9.97 Å². The van der Waals surface area contributed by atoms with Gasteiger partial charge in [0.1, 0.15) is 0 Å². The van der Waals surface area contributed by atoms with E-state index < -0.39 is 23.3 Å². The molecule has 0 saturated heterocycles. The lowest BCUT2D eigenvalue weighted by Gasteiger charge is -2.16. The summed E-state index contributed by atoms with van der Waals surface area (Å²) in [4.78, 5) is 8.67. The molecule has 0 unspecified atom stereocenters. The summed E-state index contributed by atoms with van der Waals surface area (Å²) >= 11 is 0. The van der Waals surface area contributed by atoms with Crippen LogP contribution in [0.2, 0.25) is 0 Å². The molecular weight excluding hydrogens is 516 g/mol. The fourth-order valence-corrected chi connectivity index (χ4v) is 5.89. The lowest BCUT2D eigenvalue weighted by Crippen LogP contribution is -2.12. The third-order valence-electron chi connectivity index (χ3n) is 7.98. The third kappa shape index (κ3) is 5.93. The number of nitrogens with zero attached hydrogens (tertiary/aromatic N) is 2. The first-order valence-electron chi connectivity index (χ1n) is 13.6. The van der Waals surface area contributed by atoms with E-state index in [9.17, 15) is 17.6 Å². The molecule has 6 rings (SSSR count). The van der Waals surface area contributed by atoms with Crippen molar-refractivity contribution < 1.29 is 17.6 Å². The Morgan fingerprint density at radius 1 is 0.550 bits per heavy atom. The lowest BCUT2D eigenvalue weighted by molar-refractivity contribution is 0.474. The molecule has 2 heterocycles. The molecule has 2 aliphatic rings. The van der Waals surface area contributed by atoms with Crippen LogP contribution in [0.1, 0.15) is 83.2 Å². The molecule has 0 saturated carbocycles. The summed E-state index contributed by atoms with van der Waals surface area (Å²) in [5.74, 6) is -3.16. The van der Waals surface area contributed by atoms with Crippen molar-refractivity contribution in [3.63, 3.8) is 0 Å². The second kappa shape index (κ2) is 12.3. The molecule has 2 aromatic carbocycles. The SMILES string of the molecule is N[C@@H]1CC[C@@H](c2cccc(F)c2F)Cc2cccnc21.N[C@H]1CC[C@@H](c2cccc(F)c2F)Cc2cccnc21. The predicted molar refractivity (Wildman–Crippen MR) is 146 cm³/mol. The van der Waals surface area contributed by atoms with E-state index in [-0.39, 0.29) is 23.9 Å². The number of halogens is 4. The van der Waals surface area contributed by atoms with Crippen LogP contribution in [0, 0.1) is 23.3 Å². The normalized spacial score (nSPS) is 22.1. The highest BCUT2D eigenvalue weighted by Crippen LogP contribution is 2.37. The second-order valence-corrected chi connectivity index (χ2v) is 10.6. The van der Waals surface area contributed by atoms with E-state index in [0.717, 1.165) is 60.3 Å². The van der Waals surface area contributed by atoms with Crippen molar-refractivity contribution >= 4 is 0 Å². The van der Waals surface area contributed by atoms with Crippen LogP contribution in [0.5, 0.6) is 0 Å². The van der Waals surface area contributed by atoms with Gasteiger partial charge in [0.15, 0.2) is 23.3 Å². The molecule has 208 valence electrons. The number of rotatable bonds is 2. The molecule has 4 atom stereocenters. The monoisotopic (exact) mass is 548 g/mol. The Morgan fingerprint density at radius 2 is 0.975 bits per heavy atom. The summed E-state index contributed by atoms with van der Waals surface area (Å²) in [7, 11) is 0. The van der Waals surface area contributed by atoms with Gasteiger partial charge >= 0.3 is 0 Å². The van der Waals surface area contributed by atoms with E-state index in [1.807, 2.05) is 24.3 Å². The Morgan fingerprint density at radius 3 is 1.40 bits per heavy atom. The minimum absolute atomic E-state index is 0.0535. The van der Waals surface area contributed by atoms with Crippen LogP contribution in [0.25, 0.3) is 0 Å². The van der Waals surface area contributed by atoms with E-state index in [0.29, 0.717) is 24.0 Å². The second-order valence-electron chi connectivity index (χ2n) is 10.6. The van der Waals surface area contributed by atoms with Crippen molar-refractivity contribution in [2.24, 2.45) is 11.5 Å². The van der Waals surface area contributed by atoms with Crippen molar-refractivity contribution in [1.82, 2.24) is 9.97 Å². The van der Waals surface area contributed by atoms with Crippen LogP contribution >= 0.6 is 0 Å². The van der Waals surface area contributed by atoms with Gasteiger partial charge in [-0.1, -0.05) is 36.4 Å². The van der Waals surface area contributed by atoms with Crippen LogP contribution in [-0.2, 0) is 12.8 Å². The van der Waals surface area contributed by atoms with Gasteiger partial charge in [0.2, 0.25) is 0 Å². The van der Waals surface area contributed by atoms with E-state index in [1.165, 1.54) is 0 Å². The fraction of sp³-hybridized carbons (Fsp3) is 0.312. The number of hydrogen-bond donors (Lipinski definition) is 2. The smallest absolute Gasteiger partial charge is 0.162 e. The predicted octanol–water partition coefficient (Wildman–Crippen LogP) is 6.96. The molecule has 0 spiro atoms. The maximum Gasteiger partial charge on any atom is 0.162 e. The molecular formula is C32H32F4N4. The molecule has 0 bridgehead atoms. The summed E-state index contributed by atoms with van der Waals surface area (Å²) in [5, 5.41) is 0. The molecule has 40 heavy (non-hydrogen) atoms. The zero-order valence-corrected chi connectivity index (χ0v) is 22.0. The Hall–Kier alpha value is -3.62. The minimum atomic E-state index is -0.789. The van der Waals surface area contributed by atoms with E-state index >= 15 is 0 Å². The quantitative estimate of drug-likeness (QED) is 0.210. The first-order valence-corrected chi connectivity index (χ1v) is 13.6. The summed E-state index contributed by atoms with van der Waals surface area (Å²) in [6, 6.07) is 16.1. The zero-order valence-electron chi connectivity index (χ0n) is 22.0. The van der Waals surface area contributed by atoms with Gasteiger partial charge in [0.25, 0.3) is 0 Å². The van der Waals surface area contributed by atoms with Gasteiger partial charge in [-0.25, -0.2) is 17.6 Å². The van der Waals surface area contributed by atoms with Gasteiger partial charge in [-0.05, 0) is 96.9 Å². The van der Waals surface area contributed by atoms with Crippen LogP contribution in [0.3, 0.4) is 0 Å². The molecule has 2 aromatic heterocycles. The number of pyridine rings is 2. The van der Waals surface area contributed by atoms with Crippen molar-refractivity contribution in [2.45, 2.75) is 62.4 Å². The van der Waals surface area contributed by atoms with Crippen molar-refractivity contribution in [3.05, 3.63) is 130 Å². The number of fused-ring (bicyclic) bond motifs is 2. The van der Waals surface area contributed by atoms with Crippen molar-refractivity contribution in [1.29, 1.82) is 0 Å². The maximum atomic E-state index is 14.0. The van der Waals surface area contributed by atoms with E-state index in [2.05, 4.69) is 9.97 Å². The number of nitrogens with two attached hydrogens (primary N) is 2. The zero-order chi connectivity index (χ0) is 28.2.